The number of hydrogen-bond acceptors (Lipinski definition) is 9. The molecule has 0 unspecified atom stereocenters. The van der Waals surface area contributed by atoms with Crippen LogP contribution in [0.15, 0.2) is 60.7 Å². The third-order valence-corrected chi connectivity index (χ3v) is 9.56. The molecule has 4 aromatic rings. The molecule has 0 radical (unpaired) electrons. The first-order valence-corrected chi connectivity index (χ1v) is 16.6. The number of aromatic nitrogens is 5. The maximum atomic E-state index is 14.2. The molecule has 1 saturated carbocycles. The van der Waals surface area contributed by atoms with E-state index in [1.54, 1.807) is 35.2 Å². The molecule has 2 atom stereocenters. The summed E-state index contributed by atoms with van der Waals surface area (Å²) in [5, 5.41) is 20.4. The number of nitrogens with two attached hydrogens (primary N) is 2. The van der Waals surface area contributed by atoms with Crippen LogP contribution in [-0.4, -0.2) is 75.0 Å². The minimum atomic E-state index is -0.914. The SMILES string of the molecule is Cc1nc(C(=O)N[C@H]2CCNC2)ccc1-c1ccc(C[C@@H](C(N)=O)N(C(=O)C2CCC(CN)CC2)c2ccc(-c3nn[nH]n3)cc2)cc1.Cl. The molecule has 1 saturated heterocycles. The van der Waals surface area contributed by atoms with Crippen LogP contribution >= 0.6 is 12.4 Å². The van der Waals surface area contributed by atoms with E-state index in [0.717, 1.165) is 60.3 Å². The van der Waals surface area contributed by atoms with E-state index in [1.165, 1.54) is 0 Å². The van der Waals surface area contributed by atoms with Crippen molar-refractivity contribution < 1.29 is 14.4 Å². The average molecular weight is 687 g/mol. The van der Waals surface area contributed by atoms with Crippen molar-refractivity contribution in [3.63, 3.8) is 0 Å². The summed E-state index contributed by atoms with van der Waals surface area (Å²) in [4.78, 5) is 46.2. The molecule has 3 amide bonds. The van der Waals surface area contributed by atoms with Gasteiger partial charge >= 0.3 is 0 Å². The summed E-state index contributed by atoms with van der Waals surface area (Å²) in [5.41, 5.74) is 17.0. The summed E-state index contributed by atoms with van der Waals surface area (Å²) in [6, 6.07) is 17.8. The van der Waals surface area contributed by atoms with Crippen LogP contribution in [0.3, 0.4) is 0 Å². The lowest BCUT2D eigenvalue weighted by Crippen LogP contribution is -2.52. The third-order valence-electron chi connectivity index (χ3n) is 9.56. The monoisotopic (exact) mass is 686 g/mol. The summed E-state index contributed by atoms with van der Waals surface area (Å²) in [6.07, 6.45) is 4.31. The number of H-pyrrole nitrogens is 1. The highest BCUT2D eigenvalue weighted by Gasteiger charge is 2.36. The summed E-state index contributed by atoms with van der Waals surface area (Å²) < 4.78 is 0. The Bertz CT molecular complexity index is 1720. The van der Waals surface area contributed by atoms with Crippen molar-refractivity contribution in [2.24, 2.45) is 23.3 Å². The normalized spacial score (nSPS) is 19.4. The molecule has 1 aliphatic carbocycles. The van der Waals surface area contributed by atoms with Crippen molar-refractivity contribution in [1.82, 2.24) is 36.2 Å². The zero-order valence-electron chi connectivity index (χ0n) is 27.5. The Morgan fingerprint density at radius 1 is 0.959 bits per heavy atom. The maximum Gasteiger partial charge on any atom is 0.270 e. The first kappa shape index (κ1) is 35.6. The van der Waals surface area contributed by atoms with Crippen molar-refractivity contribution in [2.45, 2.75) is 57.5 Å². The van der Waals surface area contributed by atoms with Gasteiger partial charge in [-0.05, 0) is 105 Å². The van der Waals surface area contributed by atoms with Gasteiger partial charge in [-0.3, -0.25) is 19.3 Å². The fourth-order valence-corrected chi connectivity index (χ4v) is 6.75. The second kappa shape index (κ2) is 16.1. The minimum Gasteiger partial charge on any atom is -0.368 e. The van der Waals surface area contributed by atoms with E-state index in [9.17, 15) is 14.4 Å². The number of nitrogens with zero attached hydrogens (tertiary/aromatic N) is 5. The summed E-state index contributed by atoms with van der Waals surface area (Å²) in [7, 11) is 0. The molecule has 0 bridgehead atoms. The molecule has 0 spiro atoms. The molecule has 2 aromatic heterocycles. The number of carbonyl (C=O) groups is 3. The molecule has 14 heteroatoms. The van der Waals surface area contributed by atoms with Gasteiger partial charge < -0.3 is 22.1 Å². The van der Waals surface area contributed by atoms with Crippen LogP contribution in [0.25, 0.3) is 22.5 Å². The van der Waals surface area contributed by atoms with E-state index in [1.807, 2.05) is 37.3 Å². The van der Waals surface area contributed by atoms with Crippen LogP contribution < -0.4 is 27.0 Å². The fraction of sp³-hybridized carbons (Fsp3) is 0.400. The standard InChI is InChI=1S/C35H42N10O3.ClH/c1-21-29(14-15-30(39-21)34(47)40-27-16-17-38-20-27)24-6-2-22(3-7-24)18-31(32(37)46)45(35(48)26-8-4-23(19-36)5-9-26)28-12-10-25(11-13-28)33-41-43-44-42-33;/h2-3,6-7,10-15,23,26-27,31,38H,4-5,8-9,16-20,36H2,1H3,(H2,37,46)(H,40,47)(H,41,42,43,44);1H/t23?,26?,27-,31-;/m0./s1. The van der Waals surface area contributed by atoms with Crippen molar-refractivity contribution >= 4 is 35.8 Å². The van der Waals surface area contributed by atoms with Crippen LogP contribution in [0.1, 0.15) is 53.8 Å². The molecule has 3 heterocycles. The predicted octanol–water partition coefficient (Wildman–Crippen LogP) is 2.95. The maximum absolute atomic E-state index is 14.2. The smallest absolute Gasteiger partial charge is 0.270 e. The highest BCUT2D eigenvalue weighted by atomic mass is 35.5. The lowest BCUT2D eigenvalue weighted by Gasteiger charge is -2.35. The van der Waals surface area contributed by atoms with Gasteiger partial charge in [0.25, 0.3) is 5.91 Å². The topological polar surface area (TPSA) is 198 Å². The summed E-state index contributed by atoms with van der Waals surface area (Å²) in [5.74, 6) is -0.285. The van der Waals surface area contributed by atoms with Gasteiger partial charge in [0.15, 0.2) is 0 Å². The largest absolute Gasteiger partial charge is 0.368 e. The van der Waals surface area contributed by atoms with E-state index in [4.69, 9.17) is 11.5 Å². The van der Waals surface area contributed by atoms with Crippen molar-refractivity contribution in [1.29, 1.82) is 0 Å². The molecule has 49 heavy (non-hydrogen) atoms. The fourth-order valence-electron chi connectivity index (χ4n) is 6.75. The number of hydrogen-bond donors (Lipinski definition) is 5. The molecule has 258 valence electrons. The van der Waals surface area contributed by atoms with Gasteiger partial charge in [0.2, 0.25) is 17.6 Å². The van der Waals surface area contributed by atoms with Crippen LogP contribution in [0, 0.1) is 18.8 Å². The zero-order valence-corrected chi connectivity index (χ0v) is 28.3. The molecule has 2 aromatic carbocycles. The van der Waals surface area contributed by atoms with Crippen molar-refractivity contribution in [3.05, 3.63) is 77.6 Å². The number of halogens is 1. The van der Waals surface area contributed by atoms with Gasteiger partial charge in [-0.25, -0.2) is 4.98 Å². The predicted molar refractivity (Wildman–Crippen MR) is 189 cm³/mol. The van der Waals surface area contributed by atoms with Crippen LogP contribution in [0.2, 0.25) is 0 Å². The summed E-state index contributed by atoms with van der Waals surface area (Å²) >= 11 is 0. The number of aryl methyl sites for hydroxylation is 1. The number of aromatic amines is 1. The van der Waals surface area contributed by atoms with E-state index in [2.05, 4.69) is 36.2 Å². The van der Waals surface area contributed by atoms with Crippen LogP contribution in [-0.2, 0) is 16.0 Å². The molecular weight excluding hydrogens is 644 g/mol. The molecule has 2 fully saturated rings. The van der Waals surface area contributed by atoms with E-state index < -0.39 is 11.9 Å². The number of primary amides is 1. The number of carbonyl (C=O) groups excluding carboxylic acids is 3. The first-order valence-electron chi connectivity index (χ1n) is 16.6. The Hall–Kier alpha value is -4.72. The number of anilines is 1. The second-order valence-electron chi connectivity index (χ2n) is 12.8. The van der Waals surface area contributed by atoms with Gasteiger partial charge in [0.05, 0.1) is 0 Å². The minimum absolute atomic E-state index is 0. The Balaban J connectivity index is 0.00000468. The quantitative estimate of drug-likeness (QED) is 0.157. The molecule has 13 nitrogen and oxygen atoms in total. The lowest BCUT2D eigenvalue weighted by atomic mass is 9.81. The molecular formula is C35H43ClN10O3. The summed E-state index contributed by atoms with van der Waals surface area (Å²) in [6.45, 7) is 4.15. The van der Waals surface area contributed by atoms with Crippen molar-refractivity contribution in [2.75, 3.05) is 24.5 Å². The number of rotatable bonds is 11. The van der Waals surface area contributed by atoms with Crippen LogP contribution in [0.5, 0.6) is 0 Å². The molecule has 2 aliphatic rings. The average Bonchev–Trinajstić information content (AvgIpc) is 3.84. The molecule has 6 rings (SSSR count). The first-order chi connectivity index (χ1) is 23.3. The highest BCUT2D eigenvalue weighted by Crippen LogP contribution is 2.33. The van der Waals surface area contributed by atoms with Gasteiger partial charge in [0.1, 0.15) is 11.7 Å². The number of amides is 3. The van der Waals surface area contributed by atoms with Crippen LogP contribution in [0.4, 0.5) is 5.69 Å². The molecule has 7 N–H and O–H groups in total. The number of tetrazole rings is 1. The van der Waals surface area contributed by atoms with E-state index >= 15 is 0 Å². The Morgan fingerprint density at radius 2 is 1.67 bits per heavy atom. The second-order valence-corrected chi connectivity index (χ2v) is 12.8. The lowest BCUT2D eigenvalue weighted by molar-refractivity contribution is -0.127. The van der Waals surface area contributed by atoms with Gasteiger partial charge in [-0.2, -0.15) is 5.21 Å². The van der Waals surface area contributed by atoms with E-state index in [0.29, 0.717) is 42.5 Å². The Labute approximate surface area is 291 Å². The molecule has 1 aliphatic heterocycles. The Morgan fingerprint density at radius 3 is 2.27 bits per heavy atom. The van der Waals surface area contributed by atoms with Gasteiger partial charge in [0, 0.05) is 47.4 Å². The number of benzene rings is 2. The number of nitrogens with one attached hydrogen (secondary N) is 3. The van der Waals surface area contributed by atoms with Crippen molar-refractivity contribution in [3.8, 4) is 22.5 Å². The zero-order chi connectivity index (χ0) is 33.6. The highest BCUT2D eigenvalue weighted by molar-refractivity contribution is 6.02. The van der Waals surface area contributed by atoms with Gasteiger partial charge in [-0.15, -0.1) is 22.6 Å². The van der Waals surface area contributed by atoms with E-state index in [-0.39, 0.29) is 42.6 Å². The Kier molecular flexibility index (Phi) is 11.7. The number of pyridine rings is 1. The third kappa shape index (κ3) is 8.30. The van der Waals surface area contributed by atoms with Gasteiger partial charge in [-0.1, -0.05) is 30.3 Å².